The molecule has 0 aliphatic rings. The molecule has 0 saturated heterocycles. The quantitative estimate of drug-likeness (QED) is 0.639. The number of hydrogen-bond acceptors (Lipinski definition) is 5. The topological polar surface area (TPSA) is 81.7 Å². The lowest BCUT2D eigenvalue weighted by molar-refractivity contribution is -0.142. The standard InChI is InChI=1S/C16H19NO5/c1-10(2)8-13(16(20)22-4)17-14(18)11-6-5-7-12(9-11)15(19)21-3/h5-7,9,13H,1,8H2,2-4H3,(H,17,18)/t13-/m0/s1. The second-order valence-electron chi connectivity index (χ2n) is 4.78. The van der Waals surface area contributed by atoms with Crippen molar-refractivity contribution in [2.75, 3.05) is 14.2 Å². The predicted octanol–water partition coefficient (Wildman–Crippen LogP) is 1.71. The average Bonchev–Trinajstić information content (AvgIpc) is 2.52. The lowest BCUT2D eigenvalue weighted by Gasteiger charge is -2.16. The van der Waals surface area contributed by atoms with Crippen LogP contribution in [-0.4, -0.2) is 38.1 Å². The first kappa shape index (κ1) is 17.4. The van der Waals surface area contributed by atoms with Crippen LogP contribution in [0, 0.1) is 0 Å². The van der Waals surface area contributed by atoms with Gasteiger partial charge >= 0.3 is 11.9 Å². The van der Waals surface area contributed by atoms with Crippen molar-refractivity contribution < 1.29 is 23.9 Å². The summed E-state index contributed by atoms with van der Waals surface area (Å²) in [5.41, 5.74) is 1.24. The van der Waals surface area contributed by atoms with E-state index >= 15 is 0 Å². The van der Waals surface area contributed by atoms with Gasteiger partial charge in [-0.15, -0.1) is 6.58 Å². The molecule has 0 aromatic heterocycles. The lowest BCUT2D eigenvalue weighted by atomic mass is 10.1. The Bertz CT molecular complexity index is 594. The zero-order valence-corrected chi connectivity index (χ0v) is 12.8. The summed E-state index contributed by atoms with van der Waals surface area (Å²) in [6, 6.07) is 5.21. The number of carbonyl (C=O) groups is 3. The minimum Gasteiger partial charge on any atom is -0.467 e. The molecule has 0 bridgehead atoms. The molecule has 0 aliphatic carbocycles. The molecular weight excluding hydrogens is 286 g/mol. The summed E-state index contributed by atoms with van der Waals surface area (Å²) in [5.74, 6) is -1.58. The molecule has 6 heteroatoms. The van der Waals surface area contributed by atoms with Crippen LogP contribution in [-0.2, 0) is 14.3 Å². The molecule has 0 unspecified atom stereocenters. The normalized spacial score (nSPS) is 11.2. The molecule has 0 heterocycles. The van der Waals surface area contributed by atoms with Crippen molar-refractivity contribution in [3.8, 4) is 0 Å². The molecule has 1 amide bonds. The Labute approximate surface area is 129 Å². The summed E-state index contributed by atoms with van der Waals surface area (Å²) in [5, 5.41) is 2.57. The van der Waals surface area contributed by atoms with Crippen molar-refractivity contribution >= 4 is 17.8 Å². The van der Waals surface area contributed by atoms with Gasteiger partial charge in [-0.25, -0.2) is 9.59 Å². The number of carbonyl (C=O) groups excluding carboxylic acids is 3. The SMILES string of the molecule is C=C(C)C[C@H](NC(=O)c1cccc(C(=O)OC)c1)C(=O)OC. The molecule has 1 aromatic rings. The molecular formula is C16H19NO5. The van der Waals surface area contributed by atoms with Gasteiger partial charge in [0.05, 0.1) is 19.8 Å². The third-order valence-electron chi connectivity index (χ3n) is 2.89. The minimum absolute atomic E-state index is 0.249. The maximum absolute atomic E-state index is 12.2. The Hall–Kier alpha value is -2.63. The highest BCUT2D eigenvalue weighted by Crippen LogP contribution is 2.09. The van der Waals surface area contributed by atoms with Crippen LogP contribution in [0.2, 0.25) is 0 Å². The van der Waals surface area contributed by atoms with E-state index < -0.39 is 23.9 Å². The van der Waals surface area contributed by atoms with E-state index in [0.29, 0.717) is 0 Å². The third kappa shape index (κ3) is 4.73. The van der Waals surface area contributed by atoms with Gasteiger partial charge in [0.2, 0.25) is 0 Å². The Morgan fingerprint density at radius 2 is 1.82 bits per heavy atom. The van der Waals surface area contributed by atoms with Crippen molar-refractivity contribution in [1.82, 2.24) is 5.32 Å². The Balaban J connectivity index is 2.92. The fourth-order valence-corrected chi connectivity index (χ4v) is 1.83. The molecule has 6 nitrogen and oxygen atoms in total. The minimum atomic E-state index is -0.822. The van der Waals surface area contributed by atoms with Gasteiger partial charge in [0.1, 0.15) is 6.04 Å². The van der Waals surface area contributed by atoms with E-state index in [2.05, 4.69) is 21.4 Å². The summed E-state index contributed by atoms with van der Waals surface area (Å²) in [6.45, 7) is 5.47. The summed E-state index contributed by atoms with van der Waals surface area (Å²) >= 11 is 0. The van der Waals surface area contributed by atoms with Crippen LogP contribution >= 0.6 is 0 Å². The number of nitrogens with one attached hydrogen (secondary N) is 1. The lowest BCUT2D eigenvalue weighted by Crippen LogP contribution is -2.41. The van der Waals surface area contributed by atoms with Crippen LogP contribution in [0.15, 0.2) is 36.4 Å². The maximum atomic E-state index is 12.2. The van der Waals surface area contributed by atoms with Crippen LogP contribution in [0.5, 0.6) is 0 Å². The number of ether oxygens (including phenoxy) is 2. The molecule has 1 atom stereocenters. The van der Waals surface area contributed by atoms with Crippen LogP contribution in [0.1, 0.15) is 34.1 Å². The van der Waals surface area contributed by atoms with Gasteiger partial charge in [0.25, 0.3) is 5.91 Å². The van der Waals surface area contributed by atoms with Crippen molar-refractivity contribution in [1.29, 1.82) is 0 Å². The monoisotopic (exact) mass is 305 g/mol. The van der Waals surface area contributed by atoms with E-state index in [9.17, 15) is 14.4 Å². The molecule has 1 rings (SSSR count). The number of amides is 1. The van der Waals surface area contributed by atoms with E-state index in [-0.39, 0.29) is 17.5 Å². The molecule has 0 spiro atoms. The molecule has 1 N–H and O–H groups in total. The van der Waals surface area contributed by atoms with Crippen molar-refractivity contribution in [2.24, 2.45) is 0 Å². The Morgan fingerprint density at radius 3 is 2.36 bits per heavy atom. The summed E-state index contributed by atoms with van der Waals surface area (Å²) in [7, 11) is 2.51. The zero-order valence-electron chi connectivity index (χ0n) is 12.8. The second-order valence-corrected chi connectivity index (χ2v) is 4.78. The van der Waals surface area contributed by atoms with Crippen LogP contribution in [0.25, 0.3) is 0 Å². The van der Waals surface area contributed by atoms with Gasteiger partial charge in [-0.05, 0) is 31.5 Å². The summed E-state index contributed by atoms with van der Waals surface area (Å²) < 4.78 is 9.26. The Morgan fingerprint density at radius 1 is 1.18 bits per heavy atom. The second kappa shape index (κ2) is 7.97. The van der Waals surface area contributed by atoms with Gasteiger partial charge in [-0.2, -0.15) is 0 Å². The molecule has 0 saturated carbocycles. The number of rotatable bonds is 6. The highest BCUT2D eigenvalue weighted by molar-refractivity contribution is 5.99. The van der Waals surface area contributed by atoms with E-state index in [1.54, 1.807) is 13.0 Å². The smallest absolute Gasteiger partial charge is 0.337 e. The fraction of sp³-hybridized carbons (Fsp3) is 0.312. The highest BCUT2D eigenvalue weighted by Gasteiger charge is 2.22. The van der Waals surface area contributed by atoms with Crippen LogP contribution in [0.4, 0.5) is 0 Å². The van der Waals surface area contributed by atoms with Gasteiger partial charge in [0, 0.05) is 5.56 Å². The van der Waals surface area contributed by atoms with Crippen molar-refractivity contribution in [3.05, 3.63) is 47.5 Å². The number of esters is 2. The highest BCUT2D eigenvalue weighted by atomic mass is 16.5. The van der Waals surface area contributed by atoms with Gasteiger partial charge < -0.3 is 14.8 Å². The number of benzene rings is 1. The predicted molar refractivity (Wildman–Crippen MR) is 80.5 cm³/mol. The molecule has 0 fully saturated rings. The molecule has 0 aliphatic heterocycles. The summed E-state index contributed by atoms with van der Waals surface area (Å²) in [6.07, 6.45) is 0.273. The molecule has 0 radical (unpaired) electrons. The van der Waals surface area contributed by atoms with Crippen LogP contribution in [0.3, 0.4) is 0 Å². The van der Waals surface area contributed by atoms with Gasteiger partial charge in [-0.3, -0.25) is 4.79 Å². The largest absolute Gasteiger partial charge is 0.467 e. The van der Waals surface area contributed by atoms with Crippen molar-refractivity contribution in [3.63, 3.8) is 0 Å². The first-order valence-corrected chi connectivity index (χ1v) is 6.60. The van der Waals surface area contributed by atoms with E-state index in [1.165, 1.54) is 32.4 Å². The van der Waals surface area contributed by atoms with E-state index in [0.717, 1.165) is 5.57 Å². The first-order valence-electron chi connectivity index (χ1n) is 6.60. The van der Waals surface area contributed by atoms with Gasteiger partial charge in [-0.1, -0.05) is 11.6 Å². The third-order valence-corrected chi connectivity index (χ3v) is 2.89. The first-order chi connectivity index (χ1) is 10.4. The Kier molecular flexibility index (Phi) is 6.31. The molecule has 22 heavy (non-hydrogen) atoms. The van der Waals surface area contributed by atoms with E-state index in [1.807, 2.05) is 0 Å². The zero-order chi connectivity index (χ0) is 16.7. The summed E-state index contributed by atoms with van der Waals surface area (Å²) in [4.78, 5) is 35.4. The number of methoxy groups -OCH3 is 2. The van der Waals surface area contributed by atoms with Crippen molar-refractivity contribution in [2.45, 2.75) is 19.4 Å². The van der Waals surface area contributed by atoms with Gasteiger partial charge in [0.15, 0.2) is 0 Å². The number of hydrogen-bond donors (Lipinski definition) is 1. The molecule has 1 aromatic carbocycles. The maximum Gasteiger partial charge on any atom is 0.337 e. The van der Waals surface area contributed by atoms with E-state index in [4.69, 9.17) is 0 Å². The average molecular weight is 305 g/mol. The molecule has 118 valence electrons. The van der Waals surface area contributed by atoms with Crippen LogP contribution < -0.4 is 5.32 Å². The fourth-order valence-electron chi connectivity index (χ4n) is 1.83.